The van der Waals surface area contributed by atoms with E-state index in [4.69, 9.17) is 20.8 Å². The van der Waals surface area contributed by atoms with Crippen LogP contribution in [0.2, 0.25) is 5.02 Å². The van der Waals surface area contributed by atoms with Crippen molar-refractivity contribution < 1.29 is 9.15 Å². The van der Waals surface area contributed by atoms with E-state index in [-0.39, 0.29) is 0 Å². The van der Waals surface area contributed by atoms with E-state index in [1.54, 1.807) is 7.11 Å². The molecule has 0 saturated carbocycles. The topological polar surface area (TPSA) is 22.4 Å². The fourth-order valence-corrected chi connectivity index (χ4v) is 1.67. The number of hydrogen-bond acceptors (Lipinski definition) is 2. The van der Waals surface area contributed by atoms with E-state index < -0.39 is 0 Å². The third kappa shape index (κ3) is 2.00. The smallest absolute Gasteiger partial charge is 0.137 e. The normalized spacial score (nSPS) is 10.3. The highest BCUT2D eigenvalue weighted by atomic mass is 35.5. The molecule has 0 unspecified atom stereocenters. The van der Waals surface area contributed by atoms with Gasteiger partial charge < -0.3 is 9.15 Å². The van der Waals surface area contributed by atoms with Gasteiger partial charge in [-0.05, 0) is 37.3 Å². The van der Waals surface area contributed by atoms with Gasteiger partial charge in [0.1, 0.15) is 17.3 Å². The monoisotopic (exact) mass is 222 g/mol. The molecule has 2 aromatic rings. The second-order valence-electron chi connectivity index (χ2n) is 3.26. The van der Waals surface area contributed by atoms with E-state index in [9.17, 15) is 0 Å². The summed E-state index contributed by atoms with van der Waals surface area (Å²) >= 11 is 6.02. The van der Waals surface area contributed by atoms with Gasteiger partial charge in [0.25, 0.3) is 0 Å². The highest BCUT2D eigenvalue weighted by molar-refractivity contribution is 6.32. The lowest BCUT2D eigenvalue weighted by molar-refractivity contribution is 0.415. The first-order valence-electron chi connectivity index (χ1n) is 4.61. The fourth-order valence-electron chi connectivity index (χ4n) is 1.41. The van der Waals surface area contributed by atoms with Crippen LogP contribution in [0, 0.1) is 6.92 Å². The van der Waals surface area contributed by atoms with E-state index in [1.165, 1.54) is 0 Å². The summed E-state index contributed by atoms with van der Waals surface area (Å²) in [4.78, 5) is 0. The van der Waals surface area contributed by atoms with E-state index >= 15 is 0 Å². The van der Waals surface area contributed by atoms with Crippen LogP contribution in [0.1, 0.15) is 5.76 Å². The molecule has 0 radical (unpaired) electrons. The second kappa shape index (κ2) is 3.99. The number of ether oxygens (including phenoxy) is 1. The van der Waals surface area contributed by atoms with Crippen molar-refractivity contribution in [2.45, 2.75) is 6.92 Å². The lowest BCUT2D eigenvalue weighted by atomic mass is 10.2. The summed E-state index contributed by atoms with van der Waals surface area (Å²) in [6.07, 6.45) is 0. The summed E-state index contributed by atoms with van der Waals surface area (Å²) in [6, 6.07) is 9.43. The first kappa shape index (κ1) is 10.1. The third-order valence-electron chi connectivity index (χ3n) is 2.18. The van der Waals surface area contributed by atoms with Gasteiger partial charge in [0.05, 0.1) is 12.1 Å². The molecule has 78 valence electrons. The maximum absolute atomic E-state index is 6.02. The van der Waals surface area contributed by atoms with Crippen molar-refractivity contribution in [3.05, 3.63) is 41.1 Å². The molecule has 0 spiro atoms. The number of furan rings is 1. The predicted octanol–water partition coefficient (Wildman–Crippen LogP) is 3.92. The van der Waals surface area contributed by atoms with Gasteiger partial charge in [0.2, 0.25) is 0 Å². The minimum absolute atomic E-state index is 0.587. The number of rotatable bonds is 2. The zero-order chi connectivity index (χ0) is 10.8. The van der Waals surface area contributed by atoms with Gasteiger partial charge >= 0.3 is 0 Å². The first-order valence-corrected chi connectivity index (χ1v) is 4.99. The summed E-state index contributed by atoms with van der Waals surface area (Å²) in [5.41, 5.74) is 0.953. The fraction of sp³-hybridized carbons (Fsp3) is 0.167. The van der Waals surface area contributed by atoms with E-state index in [2.05, 4.69) is 0 Å². The van der Waals surface area contributed by atoms with Crippen molar-refractivity contribution >= 4 is 11.6 Å². The summed E-state index contributed by atoms with van der Waals surface area (Å²) in [7, 11) is 1.60. The van der Waals surface area contributed by atoms with E-state index in [1.807, 2.05) is 37.3 Å². The number of aryl methyl sites for hydroxylation is 1. The molecule has 0 fully saturated rings. The van der Waals surface area contributed by atoms with Crippen LogP contribution in [-0.4, -0.2) is 7.11 Å². The van der Waals surface area contributed by atoms with Gasteiger partial charge in [-0.25, -0.2) is 0 Å². The molecule has 3 heteroatoms. The highest BCUT2D eigenvalue weighted by Crippen LogP contribution is 2.30. The average molecular weight is 223 g/mol. The van der Waals surface area contributed by atoms with Gasteiger partial charge in [-0.1, -0.05) is 11.6 Å². The summed E-state index contributed by atoms with van der Waals surface area (Å²) in [5, 5.41) is 0.587. The molecular formula is C12H11ClO2. The highest BCUT2D eigenvalue weighted by Gasteiger charge is 2.06. The van der Waals surface area contributed by atoms with Crippen molar-refractivity contribution in [2.75, 3.05) is 7.11 Å². The maximum Gasteiger partial charge on any atom is 0.137 e. The molecule has 0 N–H and O–H groups in total. The zero-order valence-electron chi connectivity index (χ0n) is 8.58. The Hall–Kier alpha value is -1.41. The van der Waals surface area contributed by atoms with E-state index in [0.29, 0.717) is 10.8 Å². The van der Waals surface area contributed by atoms with Gasteiger partial charge in [-0.3, -0.25) is 0 Å². The zero-order valence-corrected chi connectivity index (χ0v) is 9.34. The number of benzene rings is 1. The van der Waals surface area contributed by atoms with Crippen LogP contribution >= 0.6 is 11.6 Å². The molecule has 15 heavy (non-hydrogen) atoms. The van der Waals surface area contributed by atoms with Gasteiger partial charge in [-0.15, -0.1) is 0 Å². The molecule has 2 nitrogen and oxygen atoms in total. The van der Waals surface area contributed by atoms with Crippen LogP contribution in [0.25, 0.3) is 11.3 Å². The number of methoxy groups -OCH3 is 1. The Balaban J connectivity index is 2.42. The molecule has 2 rings (SSSR count). The van der Waals surface area contributed by atoms with Gasteiger partial charge in [0, 0.05) is 5.56 Å². The van der Waals surface area contributed by atoms with Crippen molar-refractivity contribution in [1.82, 2.24) is 0 Å². The minimum Gasteiger partial charge on any atom is -0.495 e. The molecule has 0 amide bonds. The third-order valence-corrected chi connectivity index (χ3v) is 2.47. The van der Waals surface area contributed by atoms with Crippen molar-refractivity contribution in [2.24, 2.45) is 0 Å². The Morgan fingerprint density at radius 3 is 2.53 bits per heavy atom. The Kier molecular flexibility index (Phi) is 2.69. The molecule has 0 aliphatic carbocycles. The van der Waals surface area contributed by atoms with Crippen LogP contribution in [0.3, 0.4) is 0 Å². The summed E-state index contributed by atoms with van der Waals surface area (Å²) in [6.45, 7) is 1.91. The van der Waals surface area contributed by atoms with Crippen LogP contribution in [0.15, 0.2) is 34.7 Å². The van der Waals surface area contributed by atoms with E-state index in [0.717, 1.165) is 17.1 Å². The van der Waals surface area contributed by atoms with Crippen LogP contribution in [-0.2, 0) is 0 Å². The Morgan fingerprint density at radius 2 is 2.00 bits per heavy atom. The van der Waals surface area contributed by atoms with Crippen molar-refractivity contribution in [3.63, 3.8) is 0 Å². The molecule has 0 aliphatic heterocycles. The van der Waals surface area contributed by atoms with Crippen molar-refractivity contribution in [1.29, 1.82) is 0 Å². The average Bonchev–Trinajstić information content (AvgIpc) is 2.65. The van der Waals surface area contributed by atoms with Crippen LogP contribution in [0.4, 0.5) is 0 Å². The quantitative estimate of drug-likeness (QED) is 0.769. The maximum atomic E-state index is 6.02. The lowest BCUT2D eigenvalue weighted by Crippen LogP contribution is -1.84. The van der Waals surface area contributed by atoms with Crippen molar-refractivity contribution in [3.8, 4) is 17.1 Å². The molecule has 0 aliphatic rings. The number of halogens is 1. The largest absolute Gasteiger partial charge is 0.495 e. The number of hydrogen-bond donors (Lipinski definition) is 0. The SMILES string of the molecule is COc1ccc(-c2ccc(C)o2)cc1Cl. The minimum atomic E-state index is 0.587. The van der Waals surface area contributed by atoms with Crippen LogP contribution in [0.5, 0.6) is 5.75 Å². The standard InChI is InChI=1S/C12H11ClO2/c1-8-3-5-11(15-8)9-4-6-12(14-2)10(13)7-9/h3-7H,1-2H3. The van der Waals surface area contributed by atoms with Gasteiger partial charge in [0.15, 0.2) is 0 Å². The lowest BCUT2D eigenvalue weighted by Gasteiger charge is -2.03. The molecular weight excluding hydrogens is 212 g/mol. The summed E-state index contributed by atoms with van der Waals surface area (Å²) < 4.78 is 10.6. The van der Waals surface area contributed by atoms with Crippen LogP contribution < -0.4 is 4.74 Å². The predicted molar refractivity (Wildman–Crippen MR) is 60.4 cm³/mol. The van der Waals surface area contributed by atoms with Gasteiger partial charge in [-0.2, -0.15) is 0 Å². The molecule has 0 bridgehead atoms. The molecule has 1 aromatic carbocycles. The molecule has 1 aromatic heterocycles. The Morgan fingerprint density at radius 1 is 1.20 bits per heavy atom. The summed E-state index contributed by atoms with van der Waals surface area (Å²) in [5.74, 6) is 2.37. The second-order valence-corrected chi connectivity index (χ2v) is 3.67. The molecule has 0 saturated heterocycles. The Bertz CT molecular complexity index is 474. The molecule has 1 heterocycles. The molecule has 0 atom stereocenters. The Labute approximate surface area is 93.4 Å². The first-order chi connectivity index (χ1) is 7.20.